The van der Waals surface area contributed by atoms with E-state index in [0.29, 0.717) is 12.4 Å². The summed E-state index contributed by atoms with van der Waals surface area (Å²) >= 11 is 1.79. The van der Waals surface area contributed by atoms with Gasteiger partial charge < -0.3 is 4.98 Å². The fourth-order valence-electron chi connectivity index (χ4n) is 4.11. The van der Waals surface area contributed by atoms with Crippen LogP contribution in [-0.4, -0.2) is 33.7 Å². The van der Waals surface area contributed by atoms with Gasteiger partial charge in [0.25, 0.3) is 5.56 Å². The van der Waals surface area contributed by atoms with Gasteiger partial charge in [-0.2, -0.15) is 0 Å². The molecule has 5 nitrogen and oxygen atoms in total. The van der Waals surface area contributed by atoms with Crippen molar-refractivity contribution in [1.82, 2.24) is 14.9 Å². The fraction of sp³-hybridized carbons (Fsp3) is 0.348. The molecule has 0 atom stereocenters. The Morgan fingerprint density at radius 3 is 2.83 bits per heavy atom. The minimum absolute atomic E-state index is 0.000808. The predicted molar refractivity (Wildman–Crippen MR) is 118 cm³/mol. The van der Waals surface area contributed by atoms with E-state index in [0.717, 1.165) is 62.3 Å². The van der Waals surface area contributed by atoms with E-state index in [9.17, 15) is 4.79 Å². The lowest BCUT2D eigenvalue weighted by Gasteiger charge is -2.27. The zero-order chi connectivity index (χ0) is 19.6. The molecule has 0 radical (unpaired) electrons. The lowest BCUT2D eigenvalue weighted by molar-refractivity contribution is 0.244. The van der Waals surface area contributed by atoms with Crippen molar-refractivity contribution in [2.75, 3.05) is 13.1 Å². The van der Waals surface area contributed by atoms with Gasteiger partial charge >= 0.3 is 0 Å². The smallest absolute Gasteiger partial charge is 0.255 e. The Hall–Kier alpha value is -2.57. The standard InChI is InChI=1S/C23H24N4OS/c28-23-19-14-27(13-18-12-17(15-29-18)16-6-2-1-3-7-16)11-9-20(19)25-22(26-23)21-8-4-5-10-24-21/h1-3,6-7,12,15H,4-5,8-11,13-14H2,(H,25,26,28). The molecule has 4 heterocycles. The summed E-state index contributed by atoms with van der Waals surface area (Å²) < 4.78 is 0. The summed E-state index contributed by atoms with van der Waals surface area (Å²) in [4.78, 5) is 28.7. The van der Waals surface area contributed by atoms with Crippen molar-refractivity contribution in [3.63, 3.8) is 0 Å². The molecule has 0 unspecified atom stereocenters. The summed E-state index contributed by atoms with van der Waals surface area (Å²) in [6.07, 6.45) is 3.98. The third-order valence-corrected chi connectivity index (χ3v) is 6.61. The lowest BCUT2D eigenvalue weighted by atomic mass is 10.0. The highest BCUT2D eigenvalue weighted by molar-refractivity contribution is 7.10. The van der Waals surface area contributed by atoms with Gasteiger partial charge in [0.2, 0.25) is 0 Å². The van der Waals surface area contributed by atoms with Crippen LogP contribution in [0.15, 0.2) is 51.6 Å². The van der Waals surface area contributed by atoms with Crippen LogP contribution in [0.5, 0.6) is 0 Å². The number of aliphatic imine (C=N–C) groups is 1. The second kappa shape index (κ2) is 8.05. The van der Waals surface area contributed by atoms with E-state index >= 15 is 0 Å². The van der Waals surface area contributed by atoms with Crippen LogP contribution >= 0.6 is 11.3 Å². The largest absolute Gasteiger partial charge is 0.305 e. The van der Waals surface area contributed by atoms with Crippen molar-refractivity contribution >= 4 is 17.0 Å². The Balaban J connectivity index is 1.32. The van der Waals surface area contributed by atoms with Crippen LogP contribution in [0.2, 0.25) is 0 Å². The van der Waals surface area contributed by atoms with Gasteiger partial charge in [0, 0.05) is 37.5 Å². The van der Waals surface area contributed by atoms with Crippen LogP contribution in [-0.2, 0) is 19.5 Å². The molecule has 29 heavy (non-hydrogen) atoms. The zero-order valence-corrected chi connectivity index (χ0v) is 17.2. The average Bonchev–Trinajstić information content (AvgIpc) is 3.24. The quantitative estimate of drug-likeness (QED) is 0.714. The number of fused-ring (bicyclic) bond motifs is 1. The van der Waals surface area contributed by atoms with Gasteiger partial charge in [-0.25, -0.2) is 4.98 Å². The topological polar surface area (TPSA) is 61.4 Å². The monoisotopic (exact) mass is 404 g/mol. The number of hydrogen-bond donors (Lipinski definition) is 1. The molecule has 2 aliphatic rings. The predicted octanol–water partition coefficient (Wildman–Crippen LogP) is 4.03. The molecule has 0 amide bonds. The van der Waals surface area contributed by atoms with Crippen molar-refractivity contribution in [2.24, 2.45) is 4.99 Å². The molecule has 2 aliphatic heterocycles. The first-order chi connectivity index (χ1) is 14.3. The number of nitrogens with one attached hydrogen (secondary N) is 1. The molecule has 1 N–H and O–H groups in total. The lowest BCUT2D eigenvalue weighted by Crippen LogP contribution is -2.36. The van der Waals surface area contributed by atoms with Crippen molar-refractivity contribution in [1.29, 1.82) is 0 Å². The maximum Gasteiger partial charge on any atom is 0.255 e. The second-order valence-electron chi connectivity index (χ2n) is 7.75. The Bertz CT molecular complexity index is 1100. The molecule has 0 fully saturated rings. The van der Waals surface area contributed by atoms with E-state index < -0.39 is 0 Å². The van der Waals surface area contributed by atoms with E-state index in [1.54, 1.807) is 11.3 Å². The third-order valence-electron chi connectivity index (χ3n) is 5.69. The van der Waals surface area contributed by atoms with Gasteiger partial charge in [0.05, 0.1) is 17.0 Å². The van der Waals surface area contributed by atoms with Crippen LogP contribution in [0.1, 0.15) is 41.2 Å². The van der Waals surface area contributed by atoms with Crippen LogP contribution in [0.25, 0.3) is 11.1 Å². The maximum atomic E-state index is 12.7. The van der Waals surface area contributed by atoms with Crippen LogP contribution in [0, 0.1) is 0 Å². The van der Waals surface area contributed by atoms with Gasteiger partial charge in [-0.15, -0.1) is 11.3 Å². The second-order valence-corrected chi connectivity index (χ2v) is 8.75. The van der Waals surface area contributed by atoms with Gasteiger partial charge in [0.1, 0.15) is 0 Å². The summed E-state index contributed by atoms with van der Waals surface area (Å²) in [5.74, 6) is 0.688. The number of aromatic amines is 1. The molecule has 0 aliphatic carbocycles. The van der Waals surface area contributed by atoms with Crippen molar-refractivity contribution in [3.05, 3.63) is 74.1 Å². The van der Waals surface area contributed by atoms with Gasteiger partial charge in [-0.3, -0.25) is 14.7 Å². The number of rotatable bonds is 4. The van der Waals surface area contributed by atoms with E-state index in [1.165, 1.54) is 16.0 Å². The van der Waals surface area contributed by atoms with E-state index in [4.69, 9.17) is 4.98 Å². The normalized spacial score (nSPS) is 17.0. The first-order valence-corrected chi connectivity index (χ1v) is 11.2. The molecule has 5 rings (SSSR count). The van der Waals surface area contributed by atoms with Gasteiger partial charge in [0.15, 0.2) is 5.82 Å². The van der Waals surface area contributed by atoms with Crippen LogP contribution in [0.3, 0.4) is 0 Å². The highest BCUT2D eigenvalue weighted by Crippen LogP contribution is 2.27. The number of nitrogens with zero attached hydrogens (tertiary/aromatic N) is 3. The van der Waals surface area contributed by atoms with E-state index in [-0.39, 0.29) is 5.56 Å². The first kappa shape index (κ1) is 18.5. The Kier molecular flexibility index (Phi) is 5.12. The molecule has 2 aromatic heterocycles. The number of H-pyrrole nitrogens is 1. The summed E-state index contributed by atoms with van der Waals surface area (Å²) in [5, 5.41) is 2.22. The summed E-state index contributed by atoms with van der Waals surface area (Å²) in [6.45, 7) is 3.29. The summed E-state index contributed by atoms with van der Waals surface area (Å²) in [7, 11) is 0. The SMILES string of the molecule is O=c1[nH]c(C2=NCCCC2)nc2c1CN(Cc1cc(-c3ccccc3)cs1)CC2. The molecule has 0 spiro atoms. The summed E-state index contributed by atoms with van der Waals surface area (Å²) in [5.41, 5.74) is 5.24. The number of hydrogen-bond acceptors (Lipinski definition) is 5. The third kappa shape index (κ3) is 3.95. The zero-order valence-electron chi connectivity index (χ0n) is 16.4. The minimum atomic E-state index is -0.000808. The molecule has 148 valence electrons. The summed E-state index contributed by atoms with van der Waals surface area (Å²) in [6, 6.07) is 12.7. The van der Waals surface area contributed by atoms with Gasteiger partial charge in [-0.1, -0.05) is 30.3 Å². The molecular weight excluding hydrogens is 380 g/mol. The molecule has 1 aromatic carbocycles. The average molecular weight is 405 g/mol. The van der Waals surface area contributed by atoms with E-state index in [1.807, 2.05) is 6.07 Å². The highest BCUT2D eigenvalue weighted by Gasteiger charge is 2.23. The van der Waals surface area contributed by atoms with Gasteiger partial charge in [-0.05, 0) is 41.8 Å². The van der Waals surface area contributed by atoms with Crippen LogP contribution < -0.4 is 5.56 Å². The number of thiophene rings is 1. The molecule has 0 saturated heterocycles. The highest BCUT2D eigenvalue weighted by atomic mass is 32.1. The van der Waals surface area contributed by atoms with E-state index in [2.05, 4.69) is 50.6 Å². The Labute approximate surface area is 174 Å². The first-order valence-electron chi connectivity index (χ1n) is 10.3. The fourth-order valence-corrected chi connectivity index (χ4v) is 5.04. The molecular formula is C23H24N4OS. The van der Waals surface area contributed by atoms with Crippen molar-refractivity contribution in [3.8, 4) is 11.1 Å². The molecule has 6 heteroatoms. The minimum Gasteiger partial charge on any atom is -0.305 e. The number of benzene rings is 1. The number of aromatic nitrogens is 2. The van der Waals surface area contributed by atoms with Crippen molar-refractivity contribution < 1.29 is 0 Å². The Morgan fingerprint density at radius 2 is 2.00 bits per heavy atom. The molecule has 3 aromatic rings. The Morgan fingerprint density at radius 1 is 1.10 bits per heavy atom. The van der Waals surface area contributed by atoms with Crippen molar-refractivity contribution in [2.45, 2.75) is 38.8 Å². The maximum absolute atomic E-state index is 12.7. The molecule has 0 saturated carbocycles. The van der Waals surface area contributed by atoms with Crippen LogP contribution in [0.4, 0.5) is 0 Å². The molecule has 0 bridgehead atoms.